The van der Waals surface area contributed by atoms with Crippen molar-refractivity contribution in [2.45, 2.75) is 12.6 Å². The zero-order valence-electron chi connectivity index (χ0n) is 15.8. The minimum atomic E-state index is -1.01. The van der Waals surface area contributed by atoms with Crippen molar-refractivity contribution in [2.75, 3.05) is 19.4 Å². The van der Waals surface area contributed by atoms with Crippen molar-refractivity contribution in [1.82, 2.24) is 4.90 Å². The van der Waals surface area contributed by atoms with Crippen molar-refractivity contribution in [2.24, 2.45) is 0 Å². The van der Waals surface area contributed by atoms with E-state index in [4.69, 9.17) is 9.15 Å². The molecule has 0 radical (unpaired) electrons. The zero-order chi connectivity index (χ0) is 19.9. The first-order chi connectivity index (χ1) is 13.6. The summed E-state index contributed by atoms with van der Waals surface area (Å²) in [5.41, 5.74) is 1.57. The van der Waals surface area contributed by atoms with Gasteiger partial charge in [0.05, 0.1) is 18.4 Å². The number of carbonyl (C=O) groups excluding carboxylic acids is 2. The smallest absolute Gasteiger partial charge is 0.341 e. The number of ether oxygens (including phenoxy) is 1. The van der Waals surface area contributed by atoms with Crippen LogP contribution in [0.25, 0.3) is 0 Å². The number of benzene rings is 2. The number of esters is 1. The highest BCUT2D eigenvalue weighted by molar-refractivity contribution is 5.97. The van der Waals surface area contributed by atoms with Gasteiger partial charge in [0.1, 0.15) is 5.76 Å². The number of para-hydroxylation sites is 1. The first-order valence-corrected chi connectivity index (χ1v) is 8.88. The van der Waals surface area contributed by atoms with E-state index in [0.29, 0.717) is 23.4 Å². The Morgan fingerprint density at radius 3 is 2.39 bits per heavy atom. The van der Waals surface area contributed by atoms with Crippen molar-refractivity contribution >= 4 is 17.6 Å². The minimum Gasteiger partial charge on any atom is -0.467 e. The standard InChI is InChI=1S/C22H22N2O4/c1-24(2)21(25)20(16-9-4-3-5-10-16)28-22(26)18-12-6-7-13-19(18)23-15-17-11-8-14-27-17/h3-14,20,23H,15H2,1-2H3/t20-/m0/s1. The van der Waals surface area contributed by atoms with Crippen LogP contribution >= 0.6 is 0 Å². The van der Waals surface area contributed by atoms with Crippen LogP contribution in [0, 0.1) is 0 Å². The molecule has 0 saturated heterocycles. The third-order valence-corrected chi connectivity index (χ3v) is 4.17. The quantitative estimate of drug-likeness (QED) is 0.632. The van der Waals surface area contributed by atoms with Gasteiger partial charge in [0.15, 0.2) is 0 Å². The number of carbonyl (C=O) groups is 2. The Labute approximate surface area is 163 Å². The van der Waals surface area contributed by atoms with Gasteiger partial charge in [0.2, 0.25) is 6.10 Å². The maximum Gasteiger partial charge on any atom is 0.341 e. The van der Waals surface area contributed by atoms with E-state index in [9.17, 15) is 9.59 Å². The van der Waals surface area contributed by atoms with E-state index in [1.165, 1.54) is 4.90 Å². The number of hydrogen-bond acceptors (Lipinski definition) is 5. The van der Waals surface area contributed by atoms with Gasteiger partial charge in [0.25, 0.3) is 5.91 Å². The average molecular weight is 378 g/mol. The molecule has 1 heterocycles. The van der Waals surface area contributed by atoms with E-state index in [1.54, 1.807) is 68.9 Å². The first-order valence-electron chi connectivity index (χ1n) is 8.88. The average Bonchev–Trinajstić information content (AvgIpc) is 3.24. The summed E-state index contributed by atoms with van der Waals surface area (Å²) in [5, 5.41) is 3.17. The van der Waals surface area contributed by atoms with Gasteiger partial charge in [-0.1, -0.05) is 42.5 Å². The Balaban J connectivity index is 1.81. The van der Waals surface area contributed by atoms with E-state index in [1.807, 2.05) is 18.2 Å². The number of nitrogens with one attached hydrogen (secondary N) is 1. The van der Waals surface area contributed by atoms with Gasteiger partial charge in [-0.25, -0.2) is 4.79 Å². The first kappa shape index (κ1) is 19.2. The number of hydrogen-bond donors (Lipinski definition) is 1. The van der Waals surface area contributed by atoms with Crippen LogP contribution in [0.1, 0.15) is 27.8 Å². The van der Waals surface area contributed by atoms with Crippen molar-refractivity contribution in [1.29, 1.82) is 0 Å². The fraction of sp³-hybridized carbons (Fsp3) is 0.182. The van der Waals surface area contributed by atoms with E-state index in [-0.39, 0.29) is 5.91 Å². The Morgan fingerprint density at radius 2 is 1.71 bits per heavy atom. The Bertz CT molecular complexity index is 921. The maximum absolute atomic E-state index is 12.9. The van der Waals surface area contributed by atoms with Crippen LogP contribution in [-0.4, -0.2) is 30.9 Å². The monoisotopic (exact) mass is 378 g/mol. The predicted molar refractivity (Wildman–Crippen MR) is 106 cm³/mol. The molecule has 0 bridgehead atoms. The minimum absolute atomic E-state index is 0.305. The molecule has 2 aromatic carbocycles. The molecule has 0 aliphatic rings. The summed E-state index contributed by atoms with van der Waals surface area (Å²) < 4.78 is 10.9. The Morgan fingerprint density at radius 1 is 1.00 bits per heavy atom. The number of amides is 1. The zero-order valence-corrected chi connectivity index (χ0v) is 15.8. The van der Waals surface area contributed by atoms with Crippen LogP contribution in [-0.2, 0) is 16.1 Å². The second-order valence-corrected chi connectivity index (χ2v) is 6.41. The highest BCUT2D eigenvalue weighted by Gasteiger charge is 2.27. The summed E-state index contributed by atoms with van der Waals surface area (Å²) in [5.74, 6) is -0.139. The lowest BCUT2D eigenvalue weighted by molar-refractivity contribution is -0.138. The molecule has 0 unspecified atom stereocenters. The third-order valence-electron chi connectivity index (χ3n) is 4.17. The van der Waals surface area contributed by atoms with Crippen molar-refractivity contribution in [3.63, 3.8) is 0 Å². The highest BCUT2D eigenvalue weighted by Crippen LogP contribution is 2.24. The largest absolute Gasteiger partial charge is 0.467 e. The van der Waals surface area contributed by atoms with Crippen molar-refractivity contribution < 1.29 is 18.7 Å². The van der Waals surface area contributed by atoms with Crippen LogP contribution in [0.4, 0.5) is 5.69 Å². The molecular weight excluding hydrogens is 356 g/mol. The topological polar surface area (TPSA) is 71.8 Å². The summed E-state index contributed by atoms with van der Waals surface area (Å²) in [4.78, 5) is 26.9. The number of nitrogens with zero attached hydrogens (tertiary/aromatic N) is 1. The fourth-order valence-electron chi connectivity index (χ4n) is 2.70. The van der Waals surface area contributed by atoms with Crippen LogP contribution in [0.3, 0.4) is 0 Å². The summed E-state index contributed by atoms with van der Waals surface area (Å²) in [7, 11) is 3.26. The number of anilines is 1. The van der Waals surface area contributed by atoms with Crippen molar-refractivity contribution in [3.8, 4) is 0 Å². The normalized spacial score (nSPS) is 11.5. The Kier molecular flexibility index (Phi) is 6.11. The fourth-order valence-corrected chi connectivity index (χ4v) is 2.70. The van der Waals surface area contributed by atoms with E-state index >= 15 is 0 Å². The van der Waals surface area contributed by atoms with Crippen LogP contribution in [0.2, 0.25) is 0 Å². The van der Waals surface area contributed by atoms with Crippen molar-refractivity contribution in [3.05, 3.63) is 89.9 Å². The molecule has 1 aromatic heterocycles. The van der Waals surface area contributed by atoms with E-state index < -0.39 is 12.1 Å². The maximum atomic E-state index is 12.9. The molecule has 0 spiro atoms. The van der Waals surface area contributed by atoms with E-state index in [2.05, 4.69) is 5.32 Å². The van der Waals surface area contributed by atoms with Gasteiger partial charge in [0, 0.05) is 25.3 Å². The molecule has 0 aliphatic heterocycles. The molecule has 144 valence electrons. The summed E-state index contributed by atoms with van der Waals surface area (Å²) in [6, 6.07) is 19.6. The second kappa shape index (κ2) is 8.90. The van der Waals surface area contributed by atoms with Gasteiger partial charge in [-0.15, -0.1) is 0 Å². The van der Waals surface area contributed by atoms with Gasteiger partial charge < -0.3 is 19.4 Å². The van der Waals surface area contributed by atoms with Gasteiger partial charge in [-0.2, -0.15) is 0 Å². The van der Waals surface area contributed by atoms with Crippen LogP contribution in [0.15, 0.2) is 77.4 Å². The molecule has 1 amide bonds. The lowest BCUT2D eigenvalue weighted by Gasteiger charge is -2.22. The molecule has 1 N–H and O–H groups in total. The number of furan rings is 1. The molecule has 3 rings (SSSR count). The summed E-state index contributed by atoms with van der Waals surface area (Å²) >= 11 is 0. The predicted octanol–water partition coefficient (Wildman–Crippen LogP) is 3.88. The van der Waals surface area contributed by atoms with Gasteiger partial charge in [-0.3, -0.25) is 4.79 Å². The van der Waals surface area contributed by atoms with Crippen LogP contribution in [0.5, 0.6) is 0 Å². The molecule has 3 aromatic rings. The SMILES string of the molecule is CN(C)C(=O)[C@@H](OC(=O)c1ccccc1NCc1ccco1)c1ccccc1. The molecule has 0 fully saturated rings. The molecule has 28 heavy (non-hydrogen) atoms. The molecule has 6 heteroatoms. The Hall–Kier alpha value is -3.54. The van der Waals surface area contributed by atoms with Gasteiger partial charge in [-0.05, 0) is 24.3 Å². The number of likely N-dealkylation sites (N-methyl/N-ethyl adjacent to an activating group) is 1. The lowest BCUT2D eigenvalue weighted by atomic mass is 10.1. The third kappa shape index (κ3) is 4.59. The summed E-state index contributed by atoms with van der Waals surface area (Å²) in [6.45, 7) is 0.427. The molecule has 0 aliphatic carbocycles. The molecular formula is C22H22N2O4. The number of rotatable bonds is 7. The van der Waals surface area contributed by atoms with E-state index in [0.717, 1.165) is 5.76 Å². The van der Waals surface area contributed by atoms with Crippen LogP contribution < -0.4 is 5.32 Å². The molecule has 1 atom stereocenters. The second-order valence-electron chi connectivity index (χ2n) is 6.41. The molecule has 0 saturated carbocycles. The molecule has 6 nitrogen and oxygen atoms in total. The highest BCUT2D eigenvalue weighted by atomic mass is 16.5. The van der Waals surface area contributed by atoms with Gasteiger partial charge >= 0.3 is 5.97 Å². The lowest BCUT2D eigenvalue weighted by Crippen LogP contribution is -2.31. The summed E-state index contributed by atoms with van der Waals surface area (Å²) in [6.07, 6.45) is 0.580.